The molecule has 0 aliphatic heterocycles. The van der Waals surface area contributed by atoms with Crippen molar-refractivity contribution in [3.63, 3.8) is 0 Å². The van der Waals surface area contributed by atoms with Gasteiger partial charge in [0.25, 0.3) is 0 Å². The second-order valence-electron chi connectivity index (χ2n) is 5.93. The van der Waals surface area contributed by atoms with Gasteiger partial charge in [0.05, 0.1) is 11.9 Å². The second-order valence-corrected chi connectivity index (χ2v) is 7.31. The van der Waals surface area contributed by atoms with Crippen molar-refractivity contribution in [2.24, 2.45) is 0 Å². The normalized spacial score (nSPS) is 11.0. The van der Waals surface area contributed by atoms with E-state index in [2.05, 4.69) is 51.4 Å². The maximum Gasteiger partial charge on any atom is 0.209 e. The summed E-state index contributed by atoms with van der Waals surface area (Å²) in [5, 5.41) is 8.58. The number of halogens is 1. The molecule has 0 aliphatic carbocycles. The number of thioether (sulfide) groups is 1. The number of nitrogens with one attached hydrogen (secondary N) is 1. The largest absolute Gasteiger partial charge is 0.440 e. The van der Waals surface area contributed by atoms with Gasteiger partial charge in [-0.15, -0.1) is 5.10 Å². The monoisotopic (exact) mass is 396 g/mol. The first-order chi connectivity index (χ1) is 13.2. The summed E-state index contributed by atoms with van der Waals surface area (Å²) in [4.78, 5) is 8.86. The molecular formula is C20H17ClN4OS. The number of oxazole rings is 1. The first-order valence-corrected chi connectivity index (χ1v) is 9.93. The van der Waals surface area contributed by atoms with Gasteiger partial charge in [-0.25, -0.2) is 9.97 Å². The fourth-order valence-corrected chi connectivity index (χ4v) is 3.46. The van der Waals surface area contributed by atoms with Gasteiger partial charge in [0.2, 0.25) is 11.0 Å². The molecule has 136 valence electrons. The number of aromatic nitrogens is 4. The summed E-state index contributed by atoms with van der Waals surface area (Å²) < 4.78 is 5.81. The molecule has 2 aromatic heterocycles. The Morgan fingerprint density at radius 3 is 2.74 bits per heavy atom. The van der Waals surface area contributed by atoms with Gasteiger partial charge in [-0.2, -0.15) is 0 Å². The molecule has 0 atom stereocenters. The van der Waals surface area contributed by atoms with Gasteiger partial charge < -0.3 is 4.42 Å². The zero-order valence-electron chi connectivity index (χ0n) is 14.6. The first-order valence-electron chi connectivity index (χ1n) is 8.56. The van der Waals surface area contributed by atoms with Crippen LogP contribution in [0, 0.1) is 0 Å². The number of hydrogen-bond donors (Lipinski definition) is 1. The van der Waals surface area contributed by atoms with Gasteiger partial charge in [0, 0.05) is 16.1 Å². The van der Waals surface area contributed by atoms with Gasteiger partial charge in [-0.3, -0.25) is 5.10 Å². The third kappa shape index (κ3) is 4.23. The Labute approximate surface area is 166 Å². The van der Waals surface area contributed by atoms with E-state index < -0.39 is 0 Å². The Morgan fingerprint density at radius 2 is 1.96 bits per heavy atom. The van der Waals surface area contributed by atoms with Crippen LogP contribution in [0.4, 0.5) is 0 Å². The number of rotatable bonds is 6. The van der Waals surface area contributed by atoms with E-state index in [0.29, 0.717) is 27.6 Å². The van der Waals surface area contributed by atoms with E-state index in [-0.39, 0.29) is 0 Å². The van der Waals surface area contributed by atoms with Gasteiger partial charge in [-0.1, -0.05) is 66.7 Å². The molecule has 2 heterocycles. The van der Waals surface area contributed by atoms with Crippen LogP contribution in [-0.4, -0.2) is 20.2 Å². The third-order valence-corrected chi connectivity index (χ3v) is 5.16. The van der Waals surface area contributed by atoms with Crippen LogP contribution in [0.1, 0.15) is 18.4 Å². The average molecular weight is 397 g/mol. The Kier molecular flexibility index (Phi) is 5.27. The molecule has 1 N–H and O–H groups in total. The lowest BCUT2D eigenvalue weighted by Crippen LogP contribution is -1.83. The summed E-state index contributed by atoms with van der Waals surface area (Å²) in [6.07, 6.45) is 2.73. The molecule has 0 amide bonds. The number of aromatic amines is 1. The Hall–Kier alpha value is -2.57. The van der Waals surface area contributed by atoms with E-state index in [1.807, 2.05) is 24.3 Å². The van der Waals surface area contributed by atoms with Crippen LogP contribution >= 0.6 is 23.4 Å². The lowest BCUT2D eigenvalue weighted by molar-refractivity contribution is 0.530. The summed E-state index contributed by atoms with van der Waals surface area (Å²) in [6, 6.07) is 15.8. The first kappa shape index (κ1) is 17.8. The smallest absolute Gasteiger partial charge is 0.209 e. The fourth-order valence-electron chi connectivity index (χ4n) is 2.62. The minimum Gasteiger partial charge on any atom is -0.440 e. The zero-order valence-corrected chi connectivity index (χ0v) is 16.2. The predicted octanol–water partition coefficient (Wildman–Crippen LogP) is 5.63. The highest BCUT2D eigenvalue weighted by molar-refractivity contribution is 7.98. The molecule has 5 nitrogen and oxygen atoms in total. The summed E-state index contributed by atoms with van der Waals surface area (Å²) in [7, 11) is 0. The highest BCUT2D eigenvalue weighted by Crippen LogP contribution is 2.27. The number of nitrogens with zero attached hydrogens (tertiary/aromatic N) is 3. The van der Waals surface area contributed by atoms with Crippen molar-refractivity contribution in [3.05, 3.63) is 71.2 Å². The lowest BCUT2D eigenvalue weighted by Gasteiger charge is -1.98. The van der Waals surface area contributed by atoms with Crippen molar-refractivity contribution in [1.29, 1.82) is 0 Å². The maximum absolute atomic E-state index is 6.03. The van der Waals surface area contributed by atoms with Gasteiger partial charge in [0.15, 0.2) is 11.6 Å². The molecule has 4 rings (SSSR count). The topological polar surface area (TPSA) is 67.6 Å². The fraction of sp³-hybridized carbons (Fsp3) is 0.150. The summed E-state index contributed by atoms with van der Waals surface area (Å²) in [5.41, 5.74) is 3.22. The Morgan fingerprint density at radius 1 is 1.11 bits per heavy atom. The Balaban J connectivity index is 1.41. The van der Waals surface area contributed by atoms with Gasteiger partial charge >= 0.3 is 0 Å². The van der Waals surface area contributed by atoms with Crippen molar-refractivity contribution < 1.29 is 4.42 Å². The molecule has 0 spiro atoms. The number of H-pyrrole nitrogens is 1. The van der Waals surface area contributed by atoms with E-state index in [4.69, 9.17) is 16.0 Å². The molecular weight excluding hydrogens is 380 g/mol. The minimum atomic E-state index is 0.548. The summed E-state index contributed by atoms with van der Waals surface area (Å²) >= 11 is 7.50. The van der Waals surface area contributed by atoms with Crippen molar-refractivity contribution in [3.8, 4) is 22.7 Å². The van der Waals surface area contributed by atoms with E-state index in [0.717, 1.165) is 23.4 Å². The standard InChI is InChI=1S/C20H17ClN4OS/c1-2-13-6-8-14(9-7-13)19-23-20(25-24-19)27-12-18-22-11-17(26-18)15-4-3-5-16(21)10-15/h3-11H,2,12H2,1H3,(H,23,24,25). The summed E-state index contributed by atoms with van der Waals surface area (Å²) in [5.74, 6) is 2.62. The molecule has 0 bridgehead atoms. The van der Waals surface area contributed by atoms with Crippen molar-refractivity contribution in [2.75, 3.05) is 0 Å². The molecule has 0 saturated heterocycles. The van der Waals surface area contributed by atoms with Crippen molar-refractivity contribution >= 4 is 23.4 Å². The van der Waals surface area contributed by atoms with Crippen LogP contribution in [0.3, 0.4) is 0 Å². The van der Waals surface area contributed by atoms with Crippen LogP contribution in [-0.2, 0) is 12.2 Å². The number of aryl methyl sites for hydroxylation is 1. The lowest BCUT2D eigenvalue weighted by atomic mass is 10.1. The third-order valence-electron chi connectivity index (χ3n) is 4.09. The molecule has 27 heavy (non-hydrogen) atoms. The highest BCUT2D eigenvalue weighted by atomic mass is 35.5. The molecule has 7 heteroatoms. The average Bonchev–Trinajstić information content (AvgIpc) is 3.36. The van der Waals surface area contributed by atoms with E-state index in [1.54, 1.807) is 6.20 Å². The predicted molar refractivity (Wildman–Crippen MR) is 108 cm³/mol. The Bertz CT molecular complexity index is 1040. The van der Waals surface area contributed by atoms with Crippen molar-refractivity contribution in [1.82, 2.24) is 20.2 Å². The van der Waals surface area contributed by atoms with Crippen LogP contribution in [0.5, 0.6) is 0 Å². The summed E-state index contributed by atoms with van der Waals surface area (Å²) in [6.45, 7) is 2.14. The zero-order chi connectivity index (χ0) is 18.6. The van der Waals surface area contributed by atoms with E-state index >= 15 is 0 Å². The second kappa shape index (κ2) is 7.98. The molecule has 0 unspecified atom stereocenters. The van der Waals surface area contributed by atoms with Crippen molar-refractivity contribution in [2.45, 2.75) is 24.3 Å². The molecule has 4 aromatic rings. The molecule has 2 aromatic carbocycles. The van der Waals surface area contributed by atoms with Crippen LogP contribution in [0.2, 0.25) is 5.02 Å². The number of benzene rings is 2. The van der Waals surface area contributed by atoms with Crippen LogP contribution in [0.15, 0.2) is 64.3 Å². The van der Waals surface area contributed by atoms with E-state index in [1.165, 1.54) is 17.3 Å². The highest BCUT2D eigenvalue weighted by Gasteiger charge is 2.10. The van der Waals surface area contributed by atoms with E-state index in [9.17, 15) is 0 Å². The molecule has 0 fully saturated rings. The van der Waals surface area contributed by atoms with Gasteiger partial charge in [-0.05, 0) is 24.1 Å². The molecule has 0 saturated carbocycles. The van der Waals surface area contributed by atoms with Crippen LogP contribution < -0.4 is 0 Å². The molecule has 0 aliphatic rings. The SMILES string of the molecule is CCc1ccc(-c2nc(SCc3ncc(-c4cccc(Cl)c4)o3)n[nH]2)cc1. The van der Waals surface area contributed by atoms with Gasteiger partial charge in [0.1, 0.15) is 0 Å². The molecule has 0 radical (unpaired) electrons. The number of hydrogen-bond acceptors (Lipinski definition) is 5. The van der Waals surface area contributed by atoms with Crippen LogP contribution in [0.25, 0.3) is 22.7 Å². The quantitative estimate of drug-likeness (QED) is 0.427. The maximum atomic E-state index is 6.03. The minimum absolute atomic E-state index is 0.548.